The van der Waals surface area contributed by atoms with Crippen LogP contribution < -0.4 is 10.9 Å². The van der Waals surface area contributed by atoms with Crippen molar-refractivity contribution in [3.8, 4) is 11.3 Å². The first-order valence-electron chi connectivity index (χ1n) is 7.68. The summed E-state index contributed by atoms with van der Waals surface area (Å²) < 4.78 is 1.85. The minimum Gasteiger partial charge on any atom is -0.350 e. The van der Waals surface area contributed by atoms with Gasteiger partial charge < -0.3 is 14.9 Å². The van der Waals surface area contributed by atoms with Crippen LogP contribution in [0.1, 0.15) is 15.9 Å². The van der Waals surface area contributed by atoms with Gasteiger partial charge in [-0.15, -0.1) is 0 Å². The van der Waals surface area contributed by atoms with E-state index in [0.29, 0.717) is 18.8 Å². The molecule has 3 aromatic rings. The van der Waals surface area contributed by atoms with E-state index < -0.39 is 5.56 Å². The second-order valence-electron chi connectivity index (χ2n) is 5.54. The molecule has 6 heteroatoms. The lowest BCUT2D eigenvalue weighted by molar-refractivity contribution is 0.0951. The minimum absolute atomic E-state index is 0.108. The predicted molar refractivity (Wildman–Crippen MR) is 91.8 cm³/mol. The molecule has 0 saturated heterocycles. The Labute approximate surface area is 139 Å². The van der Waals surface area contributed by atoms with Crippen LogP contribution in [0.4, 0.5) is 0 Å². The van der Waals surface area contributed by atoms with Crippen molar-refractivity contribution in [3.05, 3.63) is 76.6 Å². The van der Waals surface area contributed by atoms with Gasteiger partial charge in [0.1, 0.15) is 5.56 Å². The SMILES string of the molecule is Cc1cccc(-c2ccc(C(=O)NCCn3ccnc3)c(=O)[nH]2)c1. The quantitative estimate of drug-likeness (QED) is 0.754. The van der Waals surface area contributed by atoms with Gasteiger partial charge in [0.15, 0.2) is 0 Å². The number of aryl methyl sites for hydroxylation is 1. The topological polar surface area (TPSA) is 79.8 Å². The monoisotopic (exact) mass is 322 g/mol. The van der Waals surface area contributed by atoms with Crippen molar-refractivity contribution < 1.29 is 4.79 Å². The highest BCUT2D eigenvalue weighted by Gasteiger charge is 2.11. The highest BCUT2D eigenvalue weighted by molar-refractivity contribution is 5.94. The normalized spacial score (nSPS) is 10.5. The molecule has 0 bridgehead atoms. The molecule has 0 atom stereocenters. The first-order chi connectivity index (χ1) is 11.6. The summed E-state index contributed by atoms with van der Waals surface area (Å²) in [7, 11) is 0. The molecule has 24 heavy (non-hydrogen) atoms. The summed E-state index contributed by atoms with van der Waals surface area (Å²) in [6, 6.07) is 11.1. The van der Waals surface area contributed by atoms with Gasteiger partial charge >= 0.3 is 0 Å². The molecule has 0 saturated carbocycles. The number of aromatic amines is 1. The van der Waals surface area contributed by atoms with Crippen molar-refractivity contribution in [3.63, 3.8) is 0 Å². The third-order valence-corrected chi connectivity index (χ3v) is 3.70. The molecule has 0 aliphatic carbocycles. The number of benzene rings is 1. The lowest BCUT2D eigenvalue weighted by Gasteiger charge is -2.07. The summed E-state index contributed by atoms with van der Waals surface area (Å²) in [5.74, 6) is -0.382. The largest absolute Gasteiger partial charge is 0.350 e. The van der Waals surface area contributed by atoms with Crippen LogP contribution in [-0.2, 0) is 6.54 Å². The molecule has 0 radical (unpaired) electrons. The van der Waals surface area contributed by atoms with E-state index in [1.807, 2.05) is 42.0 Å². The smallest absolute Gasteiger partial charge is 0.261 e. The molecule has 1 aromatic carbocycles. The number of hydrogen-bond acceptors (Lipinski definition) is 3. The van der Waals surface area contributed by atoms with Crippen LogP contribution in [0.5, 0.6) is 0 Å². The van der Waals surface area contributed by atoms with Gasteiger partial charge in [-0.3, -0.25) is 9.59 Å². The number of aromatic nitrogens is 3. The van der Waals surface area contributed by atoms with E-state index in [1.54, 1.807) is 24.7 Å². The Morgan fingerprint density at radius 2 is 2.17 bits per heavy atom. The lowest BCUT2D eigenvalue weighted by Crippen LogP contribution is -2.31. The van der Waals surface area contributed by atoms with Gasteiger partial charge in [0.05, 0.1) is 6.33 Å². The number of carbonyl (C=O) groups is 1. The number of amides is 1. The Morgan fingerprint density at radius 3 is 2.88 bits per heavy atom. The van der Waals surface area contributed by atoms with Gasteiger partial charge in [-0.05, 0) is 30.7 Å². The van der Waals surface area contributed by atoms with Crippen LogP contribution in [0.2, 0.25) is 0 Å². The van der Waals surface area contributed by atoms with Crippen molar-refractivity contribution in [1.82, 2.24) is 19.9 Å². The highest BCUT2D eigenvalue weighted by Crippen LogP contribution is 2.16. The van der Waals surface area contributed by atoms with Crippen molar-refractivity contribution in [2.75, 3.05) is 6.54 Å². The van der Waals surface area contributed by atoms with Crippen LogP contribution in [-0.4, -0.2) is 27.0 Å². The summed E-state index contributed by atoms with van der Waals surface area (Å²) in [4.78, 5) is 31.0. The van der Waals surface area contributed by atoms with Crippen LogP contribution in [0, 0.1) is 6.92 Å². The Balaban J connectivity index is 1.70. The molecule has 0 spiro atoms. The number of pyridine rings is 1. The van der Waals surface area contributed by atoms with Gasteiger partial charge in [0.2, 0.25) is 0 Å². The van der Waals surface area contributed by atoms with E-state index >= 15 is 0 Å². The summed E-state index contributed by atoms with van der Waals surface area (Å²) in [5.41, 5.74) is 2.43. The summed E-state index contributed by atoms with van der Waals surface area (Å²) >= 11 is 0. The van der Waals surface area contributed by atoms with E-state index in [9.17, 15) is 9.59 Å². The van der Waals surface area contributed by atoms with Crippen molar-refractivity contribution in [2.24, 2.45) is 0 Å². The van der Waals surface area contributed by atoms with Gasteiger partial charge in [0.25, 0.3) is 11.5 Å². The van der Waals surface area contributed by atoms with Crippen molar-refractivity contribution >= 4 is 5.91 Å². The Bertz CT molecular complexity index is 897. The van der Waals surface area contributed by atoms with Crippen LogP contribution in [0.25, 0.3) is 11.3 Å². The molecular weight excluding hydrogens is 304 g/mol. The third-order valence-electron chi connectivity index (χ3n) is 3.70. The van der Waals surface area contributed by atoms with E-state index in [2.05, 4.69) is 15.3 Å². The van der Waals surface area contributed by atoms with Crippen LogP contribution >= 0.6 is 0 Å². The second-order valence-corrected chi connectivity index (χ2v) is 5.54. The standard InChI is InChI=1S/C18H18N4O2/c1-13-3-2-4-14(11-13)16-6-5-15(18(24)21-16)17(23)20-8-10-22-9-7-19-12-22/h2-7,9,11-12H,8,10H2,1H3,(H,20,23)(H,21,24). The minimum atomic E-state index is -0.394. The highest BCUT2D eigenvalue weighted by atomic mass is 16.2. The second kappa shape index (κ2) is 6.95. The number of H-pyrrole nitrogens is 1. The molecule has 122 valence electrons. The zero-order chi connectivity index (χ0) is 16.9. The molecule has 2 aromatic heterocycles. The maximum absolute atomic E-state index is 12.2. The van der Waals surface area contributed by atoms with Gasteiger partial charge in [-0.1, -0.05) is 23.8 Å². The number of carbonyl (C=O) groups excluding carboxylic acids is 1. The van der Waals surface area contributed by atoms with Gasteiger partial charge in [0, 0.05) is 31.2 Å². The summed E-state index contributed by atoms with van der Waals surface area (Å²) in [5, 5.41) is 2.74. The first-order valence-corrected chi connectivity index (χ1v) is 7.68. The Morgan fingerprint density at radius 1 is 1.29 bits per heavy atom. The Kier molecular flexibility index (Phi) is 4.56. The number of imidazole rings is 1. The molecule has 0 aliphatic rings. The van der Waals surface area contributed by atoms with Crippen LogP contribution in [0.15, 0.2) is 59.9 Å². The molecule has 0 unspecified atom stereocenters. The van der Waals surface area contributed by atoms with Crippen LogP contribution in [0.3, 0.4) is 0 Å². The fraction of sp³-hybridized carbons (Fsp3) is 0.167. The number of nitrogens with zero attached hydrogens (tertiary/aromatic N) is 2. The third kappa shape index (κ3) is 3.60. The van der Waals surface area contributed by atoms with Gasteiger partial charge in [-0.25, -0.2) is 4.98 Å². The predicted octanol–water partition coefficient (Wildman–Crippen LogP) is 1.98. The molecule has 0 aliphatic heterocycles. The molecule has 2 heterocycles. The lowest BCUT2D eigenvalue weighted by atomic mass is 10.1. The number of rotatable bonds is 5. The molecule has 2 N–H and O–H groups in total. The van der Waals surface area contributed by atoms with E-state index in [-0.39, 0.29) is 11.5 Å². The Hall–Kier alpha value is -3.15. The van der Waals surface area contributed by atoms with Crippen molar-refractivity contribution in [1.29, 1.82) is 0 Å². The van der Waals surface area contributed by atoms with E-state index in [0.717, 1.165) is 11.1 Å². The zero-order valence-corrected chi connectivity index (χ0v) is 13.3. The van der Waals surface area contributed by atoms with Crippen molar-refractivity contribution in [2.45, 2.75) is 13.5 Å². The molecule has 1 amide bonds. The zero-order valence-electron chi connectivity index (χ0n) is 13.3. The van der Waals surface area contributed by atoms with Gasteiger partial charge in [-0.2, -0.15) is 0 Å². The molecule has 0 fully saturated rings. The fourth-order valence-corrected chi connectivity index (χ4v) is 2.45. The van der Waals surface area contributed by atoms with E-state index in [4.69, 9.17) is 0 Å². The molecule has 6 nitrogen and oxygen atoms in total. The first kappa shape index (κ1) is 15.7. The average molecular weight is 322 g/mol. The summed E-state index contributed by atoms with van der Waals surface area (Å²) in [6.45, 7) is 3.02. The van der Waals surface area contributed by atoms with E-state index in [1.165, 1.54) is 0 Å². The maximum atomic E-state index is 12.2. The molecule has 3 rings (SSSR count). The average Bonchev–Trinajstić information content (AvgIpc) is 3.08. The maximum Gasteiger partial charge on any atom is 0.261 e. The fourth-order valence-electron chi connectivity index (χ4n) is 2.45. The number of nitrogens with one attached hydrogen (secondary N) is 2. The number of hydrogen-bond donors (Lipinski definition) is 2. The molecular formula is C18H18N4O2. The summed E-state index contributed by atoms with van der Waals surface area (Å²) in [6.07, 6.45) is 5.17.